The van der Waals surface area contributed by atoms with Gasteiger partial charge in [0, 0.05) is 11.3 Å². The van der Waals surface area contributed by atoms with Crippen molar-refractivity contribution in [3.63, 3.8) is 0 Å². The SMILES string of the molecule is CSC(C)CCN[C@@H]1CCC[C@H]1O. The van der Waals surface area contributed by atoms with Crippen molar-refractivity contribution >= 4 is 11.8 Å². The Morgan fingerprint density at radius 3 is 2.85 bits per heavy atom. The number of nitrogens with one attached hydrogen (secondary N) is 1. The predicted octanol–water partition coefficient (Wildman–Crippen LogP) is 1.63. The van der Waals surface area contributed by atoms with Gasteiger partial charge in [-0.2, -0.15) is 11.8 Å². The molecule has 1 saturated carbocycles. The lowest BCUT2D eigenvalue weighted by Crippen LogP contribution is -2.36. The average Bonchev–Trinajstić information content (AvgIpc) is 2.52. The Morgan fingerprint density at radius 1 is 1.54 bits per heavy atom. The highest BCUT2D eigenvalue weighted by Gasteiger charge is 2.24. The molecule has 0 spiro atoms. The molecule has 13 heavy (non-hydrogen) atoms. The molecule has 78 valence electrons. The normalized spacial score (nSPS) is 30.7. The van der Waals surface area contributed by atoms with Gasteiger partial charge in [-0.05, 0) is 38.5 Å². The molecule has 0 bridgehead atoms. The van der Waals surface area contributed by atoms with Gasteiger partial charge in [0.05, 0.1) is 6.10 Å². The number of hydrogen-bond acceptors (Lipinski definition) is 3. The van der Waals surface area contributed by atoms with Gasteiger partial charge in [-0.3, -0.25) is 0 Å². The van der Waals surface area contributed by atoms with Crippen LogP contribution in [0, 0.1) is 0 Å². The van der Waals surface area contributed by atoms with Crippen molar-refractivity contribution < 1.29 is 5.11 Å². The summed E-state index contributed by atoms with van der Waals surface area (Å²) in [5.41, 5.74) is 0. The summed E-state index contributed by atoms with van der Waals surface area (Å²) in [6.07, 6.45) is 6.56. The minimum atomic E-state index is -0.0930. The Hall–Kier alpha value is 0.270. The monoisotopic (exact) mass is 203 g/mol. The maximum Gasteiger partial charge on any atom is 0.0693 e. The second-order valence-electron chi connectivity index (χ2n) is 3.89. The van der Waals surface area contributed by atoms with E-state index in [-0.39, 0.29) is 6.10 Å². The molecule has 2 N–H and O–H groups in total. The predicted molar refractivity (Wildman–Crippen MR) is 59.2 cm³/mol. The van der Waals surface area contributed by atoms with Crippen molar-refractivity contribution in [2.75, 3.05) is 12.8 Å². The second kappa shape index (κ2) is 5.89. The van der Waals surface area contributed by atoms with E-state index in [2.05, 4.69) is 18.5 Å². The van der Waals surface area contributed by atoms with Crippen molar-refractivity contribution in [3.05, 3.63) is 0 Å². The summed E-state index contributed by atoms with van der Waals surface area (Å²) >= 11 is 1.91. The smallest absolute Gasteiger partial charge is 0.0693 e. The summed E-state index contributed by atoms with van der Waals surface area (Å²) in [4.78, 5) is 0. The first kappa shape index (κ1) is 11.3. The second-order valence-corrected chi connectivity index (χ2v) is 5.17. The van der Waals surface area contributed by atoms with Crippen LogP contribution >= 0.6 is 11.8 Å². The molecular formula is C10H21NOS. The quantitative estimate of drug-likeness (QED) is 0.712. The zero-order chi connectivity index (χ0) is 9.68. The Labute approximate surface area is 85.5 Å². The lowest BCUT2D eigenvalue weighted by Gasteiger charge is -2.17. The Kier molecular flexibility index (Phi) is 5.14. The van der Waals surface area contributed by atoms with E-state index in [9.17, 15) is 5.11 Å². The van der Waals surface area contributed by atoms with Crippen molar-refractivity contribution in [1.82, 2.24) is 5.32 Å². The fraction of sp³-hybridized carbons (Fsp3) is 1.00. The average molecular weight is 203 g/mol. The molecule has 1 aliphatic carbocycles. The zero-order valence-corrected chi connectivity index (χ0v) is 9.44. The van der Waals surface area contributed by atoms with Crippen LogP contribution in [-0.2, 0) is 0 Å². The Balaban J connectivity index is 2.05. The van der Waals surface area contributed by atoms with Crippen LogP contribution in [0.5, 0.6) is 0 Å². The summed E-state index contributed by atoms with van der Waals surface area (Å²) in [6.45, 7) is 3.29. The number of aliphatic hydroxyl groups excluding tert-OH is 1. The standard InChI is InChI=1S/C10H21NOS/c1-8(13-2)6-7-11-9-4-3-5-10(9)12/h8-12H,3-7H2,1-2H3/t8?,9-,10-/m1/s1. The number of rotatable bonds is 5. The van der Waals surface area contributed by atoms with Gasteiger partial charge in [-0.1, -0.05) is 6.92 Å². The molecular weight excluding hydrogens is 182 g/mol. The molecule has 0 aromatic rings. The van der Waals surface area contributed by atoms with Crippen molar-refractivity contribution in [2.45, 2.75) is 50.0 Å². The zero-order valence-electron chi connectivity index (χ0n) is 8.62. The van der Waals surface area contributed by atoms with Gasteiger partial charge in [0.25, 0.3) is 0 Å². The molecule has 0 radical (unpaired) electrons. The van der Waals surface area contributed by atoms with E-state index in [1.807, 2.05) is 11.8 Å². The minimum absolute atomic E-state index is 0.0930. The summed E-state index contributed by atoms with van der Waals surface area (Å²) in [6, 6.07) is 0.369. The Morgan fingerprint density at radius 2 is 2.31 bits per heavy atom. The van der Waals surface area contributed by atoms with E-state index < -0.39 is 0 Å². The van der Waals surface area contributed by atoms with Crippen LogP contribution in [0.15, 0.2) is 0 Å². The van der Waals surface area contributed by atoms with Crippen molar-refractivity contribution in [2.24, 2.45) is 0 Å². The van der Waals surface area contributed by atoms with Gasteiger partial charge in [0.1, 0.15) is 0 Å². The molecule has 1 fully saturated rings. The van der Waals surface area contributed by atoms with Crippen LogP contribution in [0.2, 0.25) is 0 Å². The lowest BCUT2D eigenvalue weighted by molar-refractivity contribution is 0.149. The molecule has 3 atom stereocenters. The van der Waals surface area contributed by atoms with Gasteiger partial charge in [0.15, 0.2) is 0 Å². The third-order valence-electron chi connectivity index (χ3n) is 2.84. The molecule has 0 amide bonds. The van der Waals surface area contributed by atoms with Gasteiger partial charge in [-0.15, -0.1) is 0 Å². The highest BCUT2D eigenvalue weighted by Crippen LogP contribution is 2.19. The number of aliphatic hydroxyl groups is 1. The van der Waals surface area contributed by atoms with E-state index in [1.165, 1.54) is 12.8 Å². The van der Waals surface area contributed by atoms with Gasteiger partial charge in [0.2, 0.25) is 0 Å². The molecule has 0 aromatic carbocycles. The third kappa shape index (κ3) is 3.88. The molecule has 0 aliphatic heterocycles. The Bertz CT molecular complexity index is 143. The van der Waals surface area contributed by atoms with Crippen LogP contribution in [0.4, 0.5) is 0 Å². The van der Waals surface area contributed by atoms with Gasteiger partial charge >= 0.3 is 0 Å². The molecule has 2 nitrogen and oxygen atoms in total. The lowest BCUT2D eigenvalue weighted by atomic mass is 10.2. The maximum atomic E-state index is 9.54. The van der Waals surface area contributed by atoms with Crippen molar-refractivity contribution in [3.8, 4) is 0 Å². The summed E-state index contributed by atoms with van der Waals surface area (Å²) < 4.78 is 0. The minimum Gasteiger partial charge on any atom is -0.392 e. The van der Waals surface area contributed by atoms with Crippen LogP contribution in [0.25, 0.3) is 0 Å². The molecule has 3 heteroatoms. The molecule has 1 unspecified atom stereocenters. The summed E-state index contributed by atoms with van der Waals surface area (Å²) in [5, 5.41) is 13.7. The van der Waals surface area contributed by atoms with E-state index in [1.54, 1.807) is 0 Å². The first-order valence-electron chi connectivity index (χ1n) is 5.18. The van der Waals surface area contributed by atoms with Crippen LogP contribution in [0.1, 0.15) is 32.6 Å². The number of thioether (sulfide) groups is 1. The van der Waals surface area contributed by atoms with E-state index in [4.69, 9.17) is 0 Å². The van der Waals surface area contributed by atoms with Crippen LogP contribution in [-0.4, -0.2) is 35.3 Å². The van der Waals surface area contributed by atoms with E-state index >= 15 is 0 Å². The van der Waals surface area contributed by atoms with E-state index in [0.717, 1.165) is 24.6 Å². The first-order chi connectivity index (χ1) is 6.24. The summed E-state index contributed by atoms with van der Waals surface area (Å²) in [7, 11) is 0. The van der Waals surface area contributed by atoms with Gasteiger partial charge < -0.3 is 10.4 Å². The molecule has 1 rings (SSSR count). The highest BCUT2D eigenvalue weighted by molar-refractivity contribution is 7.99. The van der Waals surface area contributed by atoms with Crippen LogP contribution in [0.3, 0.4) is 0 Å². The maximum absolute atomic E-state index is 9.54. The van der Waals surface area contributed by atoms with Crippen molar-refractivity contribution in [1.29, 1.82) is 0 Å². The topological polar surface area (TPSA) is 32.3 Å². The first-order valence-corrected chi connectivity index (χ1v) is 6.47. The molecule has 0 heterocycles. The molecule has 0 saturated heterocycles. The van der Waals surface area contributed by atoms with Gasteiger partial charge in [-0.25, -0.2) is 0 Å². The molecule has 0 aromatic heterocycles. The van der Waals surface area contributed by atoms with E-state index in [0.29, 0.717) is 6.04 Å². The summed E-state index contributed by atoms with van der Waals surface area (Å²) in [5.74, 6) is 0. The van der Waals surface area contributed by atoms with Crippen LogP contribution < -0.4 is 5.32 Å². The molecule has 1 aliphatic rings. The third-order valence-corrected chi connectivity index (χ3v) is 3.88. The number of hydrogen-bond donors (Lipinski definition) is 2. The fourth-order valence-electron chi connectivity index (χ4n) is 1.77. The largest absolute Gasteiger partial charge is 0.392 e. The highest BCUT2D eigenvalue weighted by atomic mass is 32.2. The fourth-order valence-corrected chi connectivity index (χ4v) is 2.12.